The predicted octanol–water partition coefficient (Wildman–Crippen LogP) is -0.361. The highest BCUT2D eigenvalue weighted by molar-refractivity contribution is 5.90. The number of carbonyl (C=O) groups is 2. The van der Waals surface area contributed by atoms with E-state index in [0.29, 0.717) is 18.7 Å². The molecule has 15 heavy (non-hydrogen) atoms. The molecule has 2 rings (SSSR count). The van der Waals surface area contributed by atoms with E-state index < -0.39 is 0 Å². The van der Waals surface area contributed by atoms with Crippen LogP contribution in [-0.2, 0) is 14.3 Å². The first-order chi connectivity index (χ1) is 7.22. The number of piperazine rings is 1. The molecular weight excluding hydrogens is 196 g/mol. The first kappa shape index (κ1) is 10.0. The quantitative estimate of drug-likeness (QED) is 0.600. The molecule has 1 amide bonds. The zero-order valence-corrected chi connectivity index (χ0v) is 8.71. The molecule has 0 bridgehead atoms. The molecule has 2 heterocycles. The molecule has 0 atom stereocenters. The van der Waals surface area contributed by atoms with Gasteiger partial charge in [-0.1, -0.05) is 0 Å². The van der Waals surface area contributed by atoms with Crippen LogP contribution < -0.4 is 5.32 Å². The Labute approximate surface area is 88.1 Å². The summed E-state index contributed by atoms with van der Waals surface area (Å²) in [6.07, 6.45) is 1.65. The van der Waals surface area contributed by atoms with Crippen molar-refractivity contribution in [2.75, 3.05) is 26.7 Å². The summed E-state index contributed by atoms with van der Waals surface area (Å²) in [5.41, 5.74) is 1.64. The van der Waals surface area contributed by atoms with Gasteiger partial charge in [0.1, 0.15) is 0 Å². The third-order valence-corrected chi connectivity index (χ3v) is 2.80. The van der Waals surface area contributed by atoms with Gasteiger partial charge >= 0.3 is 5.97 Å². The normalized spacial score (nSPS) is 20.9. The summed E-state index contributed by atoms with van der Waals surface area (Å²) in [5, 5.41) is 2.74. The Hall–Kier alpha value is -1.52. The van der Waals surface area contributed by atoms with E-state index in [2.05, 4.69) is 5.32 Å². The van der Waals surface area contributed by atoms with Crippen molar-refractivity contribution in [3.8, 4) is 0 Å². The largest absolute Gasteiger partial charge is 0.466 e. The second kappa shape index (κ2) is 3.92. The Kier molecular flexibility index (Phi) is 2.62. The van der Waals surface area contributed by atoms with E-state index in [9.17, 15) is 9.59 Å². The van der Waals surface area contributed by atoms with Crippen LogP contribution in [0.5, 0.6) is 0 Å². The lowest BCUT2D eigenvalue weighted by Gasteiger charge is -2.36. The van der Waals surface area contributed by atoms with Crippen molar-refractivity contribution < 1.29 is 14.3 Å². The van der Waals surface area contributed by atoms with Crippen LogP contribution in [0.25, 0.3) is 0 Å². The van der Waals surface area contributed by atoms with Gasteiger partial charge in [0.15, 0.2) is 0 Å². The van der Waals surface area contributed by atoms with Crippen molar-refractivity contribution in [3.05, 3.63) is 11.3 Å². The third-order valence-electron chi connectivity index (χ3n) is 2.80. The minimum Gasteiger partial charge on any atom is -0.466 e. The van der Waals surface area contributed by atoms with E-state index in [1.165, 1.54) is 7.11 Å². The molecular formula is C10H14N2O3. The van der Waals surface area contributed by atoms with E-state index in [1.807, 2.05) is 4.90 Å². The van der Waals surface area contributed by atoms with Crippen LogP contribution in [0.15, 0.2) is 11.3 Å². The minimum atomic E-state index is -0.272. The number of methoxy groups -OCH3 is 1. The highest BCUT2D eigenvalue weighted by atomic mass is 16.5. The Morgan fingerprint density at radius 2 is 2.33 bits per heavy atom. The zero-order valence-electron chi connectivity index (χ0n) is 8.71. The van der Waals surface area contributed by atoms with Crippen molar-refractivity contribution in [1.82, 2.24) is 10.2 Å². The molecule has 1 N–H and O–H groups in total. The maximum absolute atomic E-state index is 11.5. The third kappa shape index (κ3) is 1.82. The molecule has 0 unspecified atom stereocenters. The number of amides is 1. The lowest BCUT2D eigenvalue weighted by atomic mass is 10.0. The minimum absolute atomic E-state index is 0.0184. The van der Waals surface area contributed by atoms with Crippen LogP contribution in [0.1, 0.15) is 12.8 Å². The van der Waals surface area contributed by atoms with Crippen LogP contribution in [0, 0.1) is 0 Å². The summed E-state index contributed by atoms with van der Waals surface area (Å²) < 4.78 is 4.73. The number of fused-ring (bicyclic) bond motifs is 1. The number of nitrogens with one attached hydrogen (secondary N) is 1. The Morgan fingerprint density at radius 1 is 1.53 bits per heavy atom. The number of esters is 1. The molecule has 0 spiro atoms. The van der Waals surface area contributed by atoms with Gasteiger partial charge in [0.2, 0.25) is 5.91 Å². The first-order valence-electron chi connectivity index (χ1n) is 5.04. The molecule has 82 valence electrons. The Morgan fingerprint density at radius 3 is 3.07 bits per heavy atom. The number of hydrogen-bond acceptors (Lipinski definition) is 4. The molecule has 5 nitrogen and oxygen atoms in total. The fourth-order valence-electron chi connectivity index (χ4n) is 2.06. The summed E-state index contributed by atoms with van der Waals surface area (Å²) in [4.78, 5) is 24.6. The summed E-state index contributed by atoms with van der Waals surface area (Å²) >= 11 is 0. The van der Waals surface area contributed by atoms with Crippen LogP contribution in [0.3, 0.4) is 0 Å². The second-order valence-corrected chi connectivity index (χ2v) is 3.72. The van der Waals surface area contributed by atoms with Crippen molar-refractivity contribution in [2.24, 2.45) is 0 Å². The number of ether oxygens (including phenoxy) is 1. The van der Waals surface area contributed by atoms with Crippen LogP contribution in [0.2, 0.25) is 0 Å². The molecule has 0 aromatic rings. The zero-order chi connectivity index (χ0) is 10.8. The number of carbonyl (C=O) groups excluding carboxylic acids is 2. The number of rotatable bonds is 1. The number of nitrogens with zero attached hydrogens (tertiary/aromatic N) is 1. The molecule has 5 heteroatoms. The smallest absolute Gasteiger partial charge is 0.335 e. The maximum Gasteiger partial charge on any atom is 0.335 e. The average Bonchev–Trinajstić information content (AvgIpc) is 2.26. The van der Waals surface area contributed by atoms with Crippen LogP contribution in [0.4, 0.5) is 0 Å². The standard InChI is InChI=1S/C10H14N2O3/c1-15-10(14)7-3-2-4-12-6-9(13)11-5-8(7)12/h2-6H2,1H3,(H,11,13). The molecule has 0 aromatic heterocycles. The van der Waals surface area contributed by atoms with Gasteiger partial charge in [-0.15, -0.1) is 0 Å². The van der Waals surface area contributed by atoms with Crippen molar-refractivity contribution in [3.63, 3.8) is 0 Å². The monoisotopic (exact) mass is 210 g/mol. The predicted molar refractivity (Wildman–Crippen MR) is 52.9 cm³/mol. The van der Waals surface area contributed by atoms with Gasteiger partial charge in [-0.2, -0.15) is 0 Å². The van der Waals surface area contributed by atoms with Crippen molar-refractivity contribution in [1.29, 1.82) is 0 Å². The fourth-order valence-corrected chi connectivity index (χ4v) is 2.06. The molecule has 1 saturated heterocycles. The highest BCUT2D eigenvalue weighted by Gasteiger charge is 2.29. The molecule has 2 aliphatic heterocycles. The van der Waals surface area contributed by atoms with Gasteiger partial charge in [-0.05, 0) is 12.8 Å². The molecule has 0 saturated carbocycles. The van der Waals surface area contributed by atoms with E-state index >= 15 is 0 Å². The van der Waals surface area contributed by atoms with E-state index in [1.54, 1.807) is 0 Å². The maximum atomic E-state index is 11.5. The molecule has 0 aromatic carbocycles. The lowest BCUT2D eigenvalue weighted by Crippen LogP contribution is -2.48. The summed E-state index contributed by atoms with van der Waals surface area (Å²) in [6.45, 7) is 1.66. The van der Waals surface area contributed by atoms with E-state index in [4.69, 9.17) is 4.74 Å². The van der Waals surface area contributed by atoms with Gasteiger partial charge < -0.3 is 15.0 Å². The van der Waals surface area contributed by atoms with Crippen LogP contribution >= 0.6 is 0 Å². The Balaban J connectivity index is 2.27. The summed E-state index contributed by atoms with van der Waals surface area (Å²) in [7, 11) is 1.39. The van der Waals surface area contributed by atoms with Crippen LogP contribution in [-0.4, -0.2) is 43.5 Å². The first-order valence-corrected chi connectivity index (χ1v) is 5.04. The topological polar surface area (TPSA) is 58.6 Å². The summed E-state index contributed by atoms with van der Waals surface area (Å²) in [5.74, 6) is -0.254. The summed E-state index contributed by atoms with van der Waals surface area (Å²) in [6, 6.07) is 0. The van der Waals surface area contributed by atoms with Crippen molar-refractivity contribution in [2.45, 2.75) is 12.8 Å². The Bertz CT molecular complexity index is 336. The molecule has 2 aliphatic rings. The average molecular weight is 210 g/mol. The lowest BCUT2D eigenvalue weighted by molar-refractivity contribution is -0.137. The highest BCUT2D eigenvalue weighted by Crippen LogP contribution is 2.24. The van der Waals surface area contributed by atoms with Gasteiger partial charge in [-0.3, -0.25) is 4.79 Å². The van der Waals surface area contributed by atoms with Gasteiger partial charge in [0.25, 0.3) is 0 Å². The van der Waals surface area contributed by atoms with Gasteiger partial charge in [-0.25, -0.2) is 4.79 Å². The van der Waals surface area contributed by atoms with E-state index in [0.717, 1.165) is 25.1 Å². The molecule has 0 radical (unpaired) electrons. The van der Waals surface area contributed by atoms with E-state index in [-0.39, 0.29) is 11.9 Å². The fraction of sp³-hybridized carbons (Fsp3) is 0.600. The van der Waals surface area contributed by atoms with Gasteiger partial charge in [0, 0.05) is 12.2 Å². The van der Waals surface area contributed by atoms with Crippen molar-refractivity contribution >= 4 is 11.9 Å². The number of hydrogen-bond donors (Lipinski definition) is 1. The van der Waals surface area contributed by atoms with Gasteiger partial charge in [0.05, 0.1) is 25.8 Å². The second-order valence-electron chi connectivity index (χ2n) is 3.72. The molecule has 0 aliphatic carbocycles. The molecule has 1 fully saturated rings. The SMILES string of the molecule is COC(=O)C1=C2CNC(=O)CN2CCC1.